The molecule has 0 radical (unpaired) electrons. The molecular weight excluding hydrogens is 210 g/mol. The zero-order chi connectivity index (χ0) is 10.1. The van der Waals surface area contributed by atoms with Crippen molar-refractivity contribution < 1.29 is 4.42 Å². The quantitative estimate of drug-likeness (QED) is 0.862. The summed E-state index contributed by atoms with van der Waals surface area (Å²) in [6.07, 6.45) is 4.21. The lowest BCUT2D eigenvalue weighted by molar-refractivity contribution is 0.518. The fraction of sp³-hybridized carbons (Fsp3) is 0.400. The van der Waals surface area contributed by atoms with Gasteiger partial charge < -0.3 is 9.73 Å². The van der Waals surface area contributed by atoms with Gasteiger partial charge in [0.05, 0.1) is 12.8 Å². The molecule has 0 spiro atoms. The molecule has 0 bridgehead atoms. The highest BCUT2D eigenvalue weighted by Gasteiger charge is 2.27. The second-order valence-corrected chi connectivity index (χ2v) is 4.66. The smallest absolute Gasteiger partial charge is 0.206 e. The third kappa shape index (κ3) is 2.02. The van der Waals surface area contributed by atoms with E-state index in [4.69, 9.17) is 4.42 Å². The maximum atomic E-state index is 5.22. The lowest BCUT2D eigenvalue weighted by Crippen LogP contribution is -1.96. The van der Waals surface area contributed by atoms with Crippen LogP contribution in [-0.4, -0.2) is 10.2 Å². The normalized spacial score (nSPS) is 15.5. The summed E-state index contributed by atoms with van der Waals surface area (Å²) in [5.41, 5.74) is 0. The van der Waals surface area contributed by atoms with Crippen molar-refractivity contribution in [2.45, 2.75) is 25.3 Å². The topological polar surface area (TPSA) is 51.0 Å². The van der Waals surface area contributed by atoms with E-state index in [-0.39, 0.29) is 0 Å². The van der Waals surface area contributed by atoms with Gasteiger partial charge in [-0.2, -0.15) is 0 Å². The summed E-state index contributed by atoms with van der Waals surface area (Å²) in [6, 6.07) is 3.82. The van der Waals surface area contributed by atoms with Gasteiger partial charge in [-0.3, -0.25) is 0 Å². The van der Waals surface area contributed by atoms with Crippen LogP contribution in [0.2, 0.25) is 0 Å². The van der Waals surface area contributed by atoms with Gasteiger partial charge in [0.1, 0.15) is 10.8 Å². The molecule has 0 saturated heterocycles. The summed E-state index contributed by atoms with van der Waals surface area (Å²) >= 11 is 1.65. The molecule has 1 aliphatic carbocycles. The van der Waals surface area contributed by atoms with E-state index in [1.165, 1.54) is 12.8 Å². The van der Waals surface area contributed by atoms with E-state index in [0.717, 1.165) is 15.9 Å². The first-order valence-electron chi connectivity index (χ1n) is 5.01. The number of hydrogen-bond donors (Lipinski definition) is 1. The summed E-state index contributed by atoms with van der Waals surface area (Å²) in [6.45, 7) is 0.673. The molecule has 5 heteroatoms. The maximum absolute atomic E-state index is 5.22. The molecule has 0 aromatic carbocycles. The van der Waals surface area contributed by atoms with Crippen LogP contribution in [0.3, 0.4) is 0 Å². The van der Waals surface area contributed by atoms with Crippen molar-refractivity contribution in [3.05, 3.63) is 29.2 Å². The van der Waals surface area contributed by atoms with Crippen LogP contribution in [0.5, 0.6) is 0 Å². The Morgan fingerprint density at radius 3 is 3.13 bits per heavy atom. The Kier molecular flexibility index (Phi) is 2.17. The number of rotatable bonds is 4. The van der Waals surface area contributed by atoms with E-state index in [0.29, 0.717) is 12.5 Å². The molecule has 0 unspecified atom stereocenters. The molecular formula is C10H11N3OS. The number of nitrogens with one attached hydrogen (secondary N) is 1. The van der Waals surface area contributed by atoms with E-state index in [1.54, 1.807) is 17.6 Å². The minimum absolute atomic E-state index is 0.673. The van der Waals surface area contributed by atoms with Crippen LogP contribution in [0.4, 0.5) is 5.13 Å². The first kappa shape index (κ1) is 8.91. The largest absolute Gasteiger partial charge is 0.467 e. The molecule has 0 amide bonds. The van der Waals surface area contributed by atoms with Crippen LogP contribution in [-0.2, 0) is 6.54 Å². The average molecular weight is 221 g/mol. The van der Waals surface area contributed by atoms with Gasteiger partial charge in [0, 0.05) is 5.92 Å². The molecule has 2 aromatic rings. The molecule has 4 nitrogen and oxygen atoms in total. The molecule has 15 heavy (non-hydrogen) atoms. The maximum Gasteiger partial charge on any atom is 0.206 e. The minimum atomic E-state index is 0.673. The monoisotopic (exact) mass is 221 g/mol. The van der Waals surface area contributed by atoms with Gasteiger partial charge in [-0.1, -0.05) is 11.3 Å². The van der Waals surface area contributed by atoms with Crippen LogP contribution < -0.4 is 5.32 Å². The molecule has 1 aliphatic rings. The number of furan rings is 1. The molecule has 1 N–H and O–H groups in total. The highest BCUT2D eigenvalue weighted by atomic mass is 32.1. The van der Waals surface area contributed by atoms with Crippen molar-refractivity contribution in [2.75, 3.05) is 5.32 Å². The van der Waals surface area contributed by atoms with Crippen LogP contribution in [0.1, 0.15) is 29.5 Å². The van der Waals surface area contributed by atoms with E-state index in [1.807, 2.05) is 12.1 Å². The molecule has 0 atom stereocenters. The number of hydrogen-bond acceptors (Lipinski definition) is 5. The third-order valence-corrected chi connectivity index (χ3v) is 3.40. The summed E-state index contributed by atoms with van der Waals surface area (Å²) in [7, 11) is 0. The van der Waals surface area contributed by atoms with E-state index >= 15 is 0 Å². The van der Waals surface area contributed by atoms with Gasteiger partial charge in [-0.15, -0.1) is 10.2 Å². The van der Waals surface area contributed by atoms with Gasteiger partial charge in [0.15, 0.2) is 0 Å². The lowest BCUT2D eigenvalue weighted by Gasteiger charge is -1.96. The van der Waals surface area contributed by atoms with E-state index in [2.05, 4.69) is 15.5 Å². The Balaban J connectivity index is 1.61. The van der Waals surface area contributed by atoms with Crippen molar-refractivity contribution >= 4 is 16.5 Å². The number of aromatic nitrogens is 2. The van der Waals surface area contributed by atoms with Gasteiger partial charge in [-0.25, -0.2) is 0 Å². The zero-order valence-electron chi connectivity index (χ0n) is 8.14. The van der Waals surface area contributed by atoms with Gasteiger partial charge in [0.2, 0.25) is 5.13 Å². The van der Waals surface area contributed by atoms with E-state index < -0.39 is 0 Å². The van der Waals surface area contributed by atoms with Gasteiger partial charge >= 0.3 is 0 Å². The summed E-state index contributed by atoms with van der Waals surface area (Å²) in [4.78, 5) is 0. The van der Waals surface area contributed by atoms with Crippen LogP contribution in [0.15, 0.2) is 22.8 Å². The number of nitrogens with zero attached hydrogens (tertiary/aromatic N) is 2. The second kappa shape index (κ2) is 3.66. The predicted octanol–water partition coefficient (Wildman–Crippen LogP) is 2.62. The van der Waals surface area contributed by atoms with Crippen molar-refractivity contribution in [3.8, 4) is 0 Å². The fourth-order valence-electron chi connectivity index (χ4n) is 1.38. The first-order valence-corrected chi connectivity index (χ1v) is 5.83. The average Bonchev–Trinajstić information content (AvgIpc) is 2.82. The van der Waals surface area contributed by atoms with Crippen LogP contribution in [0, 0.1) is 0 Å². The van der Waals surface area contributed by atoms with Crippen molar-refractivity contribution in [1.82, 2.24) is 10.2 Å². The Hall–Kier alpha value is -1.36. The molecule has 2 heterocycles. The molecule has 1 saturated carbocycles. The minimum Gasteiger partial charge on any atom is -0.467 e. The molecule has 2 aromatic heterocycles. The Labute approximate surface area is 91.3 Å². The Morgan fingerprint density at radius 2 is 2.40 bits per heavy atom. The molecule has 0 aliphatic heterocycles. The zero-order valence-corrected chi connectivity index (χ0v) is 8.96. The predicted molar refractivity (Wildman–Crippen MR) is 57.9 cm³/mol. The third-order valence-electron chi connectivity index (χ3n) is 2.36. The highest BCUT2D eigenvalue weighted by Crippen LogP contribution is 2.42. The Bertz CT molecular complexity index is 433. The SMILES string of the molecule is c1coc(CNc2nnc(C3CC3)s2)c1. The number of anilines is 1. The van der Waals surface area contributed by atoms with Crippen LogP contribution >= 0.6 is 11.3 Å². The van der Waals surface area contributed by atoms with E-state index in [9.17, 15) is 0 Å². The summed E-state index contributed by atoms with van der Waals surface area (Å²) in [5, 5.41) is 13.5. The second-order valence-electron chi connectivity index (χ2n) is 3.65. The van der Waals surface area contributed by atoms with Crippen molar-refractivity contribution in [3.63, 3.8) is 0 Å². The first-order chi connectivity index (χ1) is 7.42. The van der Waals surface area contributed by atoms with Crippen molar-refractivity contribution in [1.29, 1.82) is 0 Å². The molecule has 3 rings (SSSR count). The Morgan fingerprint density at radius 1 is 1.47 bits per heavy atom. The lowest BCUT2D eigenvalue weighted by atomic mass is 10.4. The standard InChI is InChI=1S/C10H11N3OS/c1-2-8(14-5-1)6-11-10-13-12-9(15-10)7-3-4-7/h1-2,5,7H,3-4,6H2,(H,11,13). The van der Waals surface area contributed by atoms with Gasteiger partial charge in [0.25, 0.3) is 0 Å². The summed E-state index contributed by atoms with van der Waals surface area (Å²) in [5.74, 6) is 1.60. The summed E-state index contributed by atoms with van der Waals surface area (Å²) < 4.78 is 5.22. The van der Waals surface area contributed by atoms with Crippen LogP contribution in [0.25, 0.3) is 0 Å². The van der Waals surface area contributed by atoms with Crippen molar-refractivity contribution in [2.24, 2.45) is 0 Å². The highest BCUT2D eigenvalue weighted by molar-refractivity contribution is 7.15. The fourth-order valence-corrected chi connectivity index (χ4v) is 2.29. The molecule has 78 valence electrons. The molecule has 1 fully saturated rings. The van der Waals surface area contributed by atoms with Gasteiger partial charge in [-0.05, 0) is 25.0 Å².